The SMILES string of the molecule is O=C(Nc1cc(Nc2cccc(Cl)c2)ncn1)c1ccccc1. The lowest BCUT2D eigenvalue weighted by atomic mass is 10.2. The average molecular weight is 325 g/mol. The number of anilines is 3. The summed E-state index contributed by atoms with van der Waals surface area (Å²) in [5, 5.41) is 6.48. The van der Waals surface area contributed by atoms with E-state index in [4.69, 9.17) is 11.6 Å². The van der Waals surface area contributed by atoms with Gasteiger partial charge in [-0.3, -0.25) is 4.79 Å². The van der Waals surface area contributed by atoms with Crippen LogP contribution < -0.4 is 10.6 Å². The maximum Gasteiger partial charge on any atom is 0.256 e. The Kier molecular flexibility index (Phi) is 4.49. The van der Waals surface area contributed by atoms with Gasteiger partial charge in [0.25, 0.3) is 5.91 Å². The van der Waals surface area contributed by atoms with Crippen molar-refractivity contribution >= 4 is 34.8 Å². The molecule has 0 unspecified atom stereocenters. The topological polar surface area (TPSA) is 66.9 Å². The maximum atomic E-state index is 12.1. The van der Waals surface area contributed by atoms with E-state index in [1.807, 2.05) is 18.2 Å². The minimum absolute atomic E-state index is 0.224. The highest BCUT2D eigenvalue weighted by Crippen LogP contribution is 2.20. The van der Waals surface area contributed by atoms with E-state index in [1.54, 1.807) is 42.5 Å². The third kappa shape index (κ3) is 4.05. The Morgan fingerprint density at radius 2 is 1.70 bits per heavy atom. The van der Waals surface area contributed by atoms with Gasteiger partial charge in [0.05, 0.1) is 0 Å². The molecule has 6 heteroatoms. The number of nitrogens with one attached hydrogen (secondary N) is 2. The van der Waals surface area contributed by atoms with Gasteiger partial charge in [0.2, 0.25) is 0 Å². The molecule has 2 aromatic carbocycles. The molecule has 2 N–H and O–H groups in total. The fourth-order valence-corrected chi connectivity index (χ4v) is 2.18. The first-order valence-electron chi connectivity index (χ1n) is 6.92. The molecule has 3 aromatic rings. The summed E-state index contributed by atoms with van der Waals surface area (Å²) in [6, 6.07) is 17.9. The predicted molar refractivity (Wildman–Crippen MR) is 91.2 cm³/mol. The van der Waals surface area contributed by atoms with Crippen molar-refractivity contribution in [3.05, 3.63) is 77.6 Å². The summed E-state index contributed by atoms with van der Waals surface area (Å²) in [6.07, 6.45) is 1.38. The quantitative estimate of drug-likeness (QED) is 0.757. The Morgan fingerprint density at radius 1 is 0.913 bits per heavy atom. The molecule has 0 fully saturated rings. The number of amides is 1. The zero-order valence-corrected chi connectivity index (χ0v) is 12.8. The number of hydrogen-bond acceptors (Lipinski definition) is 4. The monoisotopic (exact) mass is 324 g/mol. The van der Waals surface area contributed by atoms with Crippen LogP contribution in [0.4, 0.5) is 17.3 Å². The van der Waals surface area contributed by atoms with Crippen LogP contribution in [0.25, 0.3) is 0 Å². The number of nitrogens with zero attached hydrogens (tertiary/aromatic N) is 2. The van der Waals surface area contributed by atoms with E-state index >= 15 is 0 Å². The van der Waals surface area contributed by atoms with E-state index in [9.17, 15) is 4.79 Å². The summed E-state index contributed by atoms with van der Waals surface area (Å²) in [4.78, 5) is 20.3. The van der Waals surface area contributed by atoms with Crippen molar-refractivity contribution in [1.29, 1.82) is 0 Å². The lowest BCUT2D eigenvalue weighted by Crippen LogP contribution is -2.13. The summed E-state index contributed by atoms with van der Waals surface area (Å²) in [5.41, 5.74) is 1.37. The first-order chi connectivity index (χ1) is 11.2. The van der Waals surface area contributed by atoms with E-state index in [2.05, 4.69) is 20.6 Å². The largest absolute Gasteiger partial charge is 0.340 e. The van der Waals surface area contributed by atoms with Gasteiger partial charge in [-0.2, -0.15) is 0 Å². The molecule has 3 rings (SSSR count). The molecule has 1 heterocycles. The first kappa shape index (κ1) is 15.0. The fraction of sp³-hybridized carbons (Fsp3) is 0. The Balaban J connectivity index is 1.74. The van der Waals surface area contributed by atoms with Crippen molar-refractivity contribution in [2.75, 3.05) is 10.6 Å². The van der Waals surface area contributed by atoms with Crippen LogP contribution in [0.15, 0.2) is 67.0 Å². The van der Waals surface area contributed by atoms with Gasteiger partial charge in [-0.1, -0.05) is 35.9 Å². The van der Waals surface area contributed by atoms with Gasteiger partial charge in [-0.25, -0.2) is 9.97 Å². The lowest BCUT2D eigenvalue weighted by Gasteiger charge is -2.08. The van der Waals surface area contributed by atoms with Gasteiger partial charge in [-0.05, 0) is 30.3 Å². The molecule has 1 amide bonds. The van der Waals surface area contributed by atoms with Crippen molar-refractivity contribution in [2.24, 2.45) is 0 Å². The molecule has 114 valence electrons. The van der Waals surface area contributed by atoms with Crippen LogP contribution in [0.5, 0.6) is 0 Å². The molecule has 0 aliphatic carbocycles. The normalized spacial score (nSPS) is 10.1. The number of rotatable bonds is 4. The highest BCUT2D eigenvalue weighted by molar-refractivity contribution is 6.30. The van der Waals surface area contributed by atoms with E-state index in [1.165, 1.54) is 6.33 Å². The minimum Gasteiger partial charge on any atom is -0.340 e. The summed E-state index contributed by atoms with van der Waals surface area (Å²) in [5.74, 6) is 0.752. The van der Waals surface area contributed by atoms with Crippen molar-refractivity contribution < 1.29 is 4.79 Å². The highest BCUT2D eigenvalue weighted by Gasteiger charge is 2.07. The van der Waals surface area contributed by atoms with Crippen molar-refractivity contribution in [3.8, 4) is 0 Å². The Hall–Kier alpha value is -2.92. The van der Waals surface area contributed by atoms with E-state index in [0.717, 1.165) is 5.69 Å². The number of hydrogen-bond donors (Lipinski definition) is 2. The summed E-state index contributed by atoms with van der Waals surface area (Å²) >= 11 is 5.95. The number of benzene rings is 2. The molecular formula is C17H13ClN4O. The molecule has 1 aromatic heterocycles. The smallest absolute Gasteiger partial charge is 0.256 e. The van der Waals surface area contributed by atoms with Crippen LogP contribution in [-0.4, -0.2) is 15.9 Å². The molecule has 0 aliphatic heterocycles. The summed E-state index contributed by atoms with van der Waals surface area (Å²) < 4.78 is 0. The van der Waals surface area contributed by atoms with Gasteiger partial charge in [0, 0.05) is 22.3 Å². The number of aromatic nitrogens is 2. The van der Waals surface area contributed by atoms with Crippen LogP contribution in [0.2, 0.25) is 5.02 Å². The number of carbonyl (C=O) groups excluding carboxylic acids is 1. The van der Waals surface area contributed by atoms with E-state index in [0.29, 0.717) is 22.2 Å². The highest BCUT2D eigenvalue weighted by atomic mass is 35.5. The van der Waals surface area contributed by atoms with Crippen LogP contribution in [0.3, 0.4) is 0 Å². The van der Waals surface area contributed by atoms with Crippen LogP contribution >= 0.6 is 11.6 Å². The molecule has 0 aliphatic rings. The third-order valence-corrected chi connectivity index (χ3v) is 3.28. The Bertz CT molecular complexity index is 824. The van der Waals surface area contributed by atoms with Crippen LogP contribution in [-0.2, 0) is 0 Å². The maximum absolute atomic E-state index is 12.1. The van der Waals surface area contributed by atoms with Gasteiger partial charge >= 0.3 is 0 Å². The van der Waals surface area contributed by atoms with Crippen LogP contribution in [0, 0.1) is 0 Å². The molecular weight excluding hydrogens is 312 g/mol. The molecule has 23 heavy (non-hydrogen) atoms. The molecule has 0 radical (unpaired) electrons. The minimum atomic E-state index is -0.224. The predicted octanol–water partition coefficient (Wildman–Crippen LogP) is 4.13. The van der Waals surface area contributed by atoms with Gasteiger partial charge in [0.15, 0.2) is 0 Å². The zero-order chi connectivity index (χ0) is 16.1. The summed E-state index contributed by atoms with van der Waals surface area (Å²) in [6.45, 7) is 0. The van der Waals surface area contributed by atoms with Crippen molar-refractivity contribution in [3.63, 3.8) is 0 Å². The molecule has 0 bridgehead atoms. The second-order valence-corrected chi connectivity index (χ2v) is 5.18. The Morgan fingerprint density at radius 3 is 2.48 bits per heavy atom. The van der Waals surface area contributed by atoms with Gasteiger partial charge in [-0.15, -0.1) is 0 Å². The molecule has 0 spiro atoms. The lowest BCUT2D eigenvalue weighted by molar-refractivity contribution is 0.102. The number of carbonyl (C=O) groups is 1. The van der Waals surface area contributed by atoms with E-state index < -0.39 is 0 Å². The fourth-order valence-electron chi connectivity index (χ4n) is 1.99. The Labute approximate surface area is 138 Å². The second-order valence-electron chi connectivity index (χ2n) is 4.74. The van der Waals surface area contributed by atoms with Crippen molar-refractivity contribution in [1.82, 2.24) is 9.97 Å². The van der Waals surface area contributed by atoms with Gasteiger partial charge < -0.3 is 10.6 Å². The second kappa shape index (κ2) is 6.89. The first-order valence-corrected chi connectivity index (χ1v) is 7.29. The molecule has 0 atom stereocenters. The molecule has 0 saturated carbocycles. The molecule has 5 nitrogen and oxygen atoms in total. The standard InChI is InChI=1S/C17H13ClN4O/c18-13-7-4-8-14(9-13)21-15-10-16(20-11-19-15)22-17(23)12-5-2-1-3-6-12/h1-11H,(H2,19,20,21,22,23). The molecule has 0 saturated heterocycles. The van der Waals surface area contributed by atoms with Crippen molar-refractivity contribution in [2.45, 2.75) is 0 Å². The van der Waals surface area contributed by atoms with Crippen LogP contribution in [0.1, 0.15) is 10.4 Å². The summed E-state index contributed by atoms with van der Waals surface area (Å²) in [7, 11) is 0. The zero-order valence-electron chi connectivity index (χ0n) is 12.0. The third-order valence-electron chi connectivity index (χ3n) is 3.04. The van der Waals surface area contributed by atoms with E-state index in [-0.39, 0.29) is 5.91 Å². The van der Waals surface area contributed by atoms with Gasteiger partial charge in [0.1, 0.15) is 18.0 Å². The number of halogens is 1. The average Bonchev–Trinajstić information content (AvgIpc) is 2.56.